The summed E-state index contributed by atoms with van der Waals surface area (Å²) in [6, 6.07) is 3.46. The van der Waals surface area contributed by atoms with Crippen LogP contribution in [0, 0.1) is 0 Å². The Morgan fingerprint density at radius 1 is 1.56 bits per heavy atom. The summed E-state index contributed by atoms with van der Waals surface area (Å²) in [5.74, 6) is 0. The Hall–Kier alpha value is -0.470. The van der Waals surface area contributed by atoms with Gasteiger partial charge in [-0.05, 0) is 38.4 Å². The minimum atomic E-state index is -3.45. The van der Waals surface area contributed by atoms with Gasteiger partial charge in [-0.1, -0.05) is 0 Å². The molecule has 0 saturated carbocycles. The van der Waals surface area contributed by atoms with Crippen LogP contribution in [0.3, 0.4) is 0 Å². The largest absolute Gasteiger partial charge is 0.379 e. The number of nitrogens with two attached hydrogens (primary N) is 1. The Balaban J connectivity index is 2.14. The number of sulfonamides is 1. The number of thiophene rings is 1. The van der Waals surface area contributed by atoms with E-state index in [9.17, 15) is 8.42 Å². The van der Waals surface area contributed by atoms with Crippen molar-refractivity contribution in [3.8, 4) is 0 Å². The summed E-state index contributed by atoms with van der Waals surface area (Å²) in [6.45, 7) is 3.42. The van der Waals surface area contributed by atoms with Gasteiger partial charge in [-0.15, -0.1) is 11.3 Å². The van der Waals surface area contributed by atoms with E-state index in [2.05, 4.69) is 4.72 Å². The van der Waals surface area contributed by atoms with Gasteiger partial charge in [0.05, 0.1) is 12.1 Å². The molecule has 0 aliphatic carbocycles. The summed E-state index contributed by atoms with van der Waals surface area (Å²) in [4.78, 5) is 0.991. The second-order valence-corrected chi connectivity index (χ2v) is 7.81. The molecule has 18 heavy (non-hydrogen) atoms. The number of rotatable bonds is 5. The normalized spacial score (nSPS) is 24.6. The van der Waals surface area contributed by atoms with Crippen molar-refractivity contribution in [1.82, 2.24) is 4.72 Å². The Bertz CT molecular complexity index is 504. The van der Waals surface area contributed by atoms with Crippen LogP contribution in [0.5, 0.6) is 0 Å². The molecule has 1 aromatic heterocycles. The molecule has 2 heterocycles. The molecule has 1 fully saturated rings. The summed E-state index contributed by atoms with van der Waals surface area (Å²) >= 11 is 1.28. The van der Waals surface area contributed by atoms with Crippen LogP contribution in [0.2, 0.25) is 0 Å². The van der Waals surface area contributed by atoms with Crippen LogP contribution >= 0.6 is 11.3 Å². The monoisotopic (exact) mass is 290 g/mol. The van der Waals surface area contributed by atoms with Crippen LogP contribution in [-0.2, 0) is 21.2 Å². The van der Waals surface area contributed by atoms with E-state index in [4.69, 9.17) is 10.5 Å². The van der Waals surface area contributed by atoms with Crippen molar-refractivity contribution < 1.29 is 13.2 Å². The molecule has 0 spiro atoms. The molecule has 1 aliphatic rings. The third-order valence-corrected chi connectivity index (χ3v) is 6.17. The van der Waals surface area contributed by atoms with E-state index in [1.165, 1.54) is 11.3 Å². The molecule has 0 amide bonds. The van der Waals surface area contributed by atoms with Crippen LogP contribution in [0.25, 0.3) is 0 Å². The highest BCUT2D eigenvalue weighted by molar-refractivity contribution is 7.91. The highest BCUT2D eigenvalue weighted by Gasteiger charge is 2.35. The average molecular weight is 290 g/mol. The third kappa shape index (κ3) is 3.10. The first-order valence-electron chi connectivity index (χ1n) is 5.86. The topological polar surface area (TPSA) is 81.4 Å². The molecule has 0 bridgehead atoms. The lowest BCUT2D eigenvalue weighted by Crippen LogP contribution is -2.46. The van der Waals surface area contributed by atoms with Crippen molar-refractivity contribution in [1.29, 1.82) is 0 Å². The SMILES string of the molecule is CC1(NS(=O)(=O)c2ccc(CCN)s2)CCOC1. The van der Waals surface area contributed by atoms with Crippen molar-refractivity contribution >= 4 is 21.4 Å². The molecule has 1 unspecified atom stereocenters. The van der Waals surface area contributed by atoms with Gasteiger partial charge in [0.2, 0.25) is 0 Å². The maximum absolute atomic E-state index is 12.2. The van der Waals surface area contributed by atoms with Gasteiger partial charge in [0.1, 0.15) is 4.21 Å². The fourth-order valence-electron chi connectivity index (χ4n) is 1.90. The second kappa shape index (κ2) is 5.26. The van der Waals surface area contributed by atoms with Gasteiger partial charge in [0, 0.05) is 11.5 Å². The lowest BCUT2D eigenvalue weighted by Gasteiger charge is -2.22. The van der Waals surface area contributed by atoms with Crippen molar-refractivity contribution in [2.75, 3.05) is 19.8 Å². The van der Waals surface area contributed by atoms with E-state index in [0.717, 1.165) is 4.88 Å². The van der Waals surface area contributed by atoms with Gasteiger partial charge in [0.15, 0.2) is 0 Å². The van der Waals surface area contributed by atoms with Crippen LogP contribution in [0.1, 0.15) is 18.2 Å². The fraction of sp³-hybridized carbons (Fsp3) is 0.636. The van der Waals surface area contributed by atoms with Crippen LogP contribution in [-0.4, -0.2) is 33.7 Å². The maximum atomic E-state index is 12.2. The minimum Gasteiger partial charge on any atom is -0.379 e. The van der Waals surface area contributed by atoms with E-state index in [1.807, 2.05) is 13.0 Å². The van der Waals surface area contributed by atoms with Gasteiger partial charge >= 0.3 is 0 Å². The predicted octanol–water partition coefficient (Wildman–Crippen LogP) is 0.707. The summed E-state index contributed by atoms with van der Waals surface area (Å²) in [7, 11) is -3.45. The van der Waals surface area contributed by atoms with Crippen molar-refractivity contribution in [3.63, 3.8) is 0 Å². The number of hydrogen-bond acceptors (Lipinski definition) is 5. The second-order valence-electron chi connectivity index (χ2n) is 4.73. The molecule has 1 aliphatic heterocycles. The van der Waals surface area contributed by atoms with E-state index in [1.54, 1.807) is 6.07 Å². The zero-order valence-corrected chi connectivity index (χ0v) is 11.9. The van der Waals surface area contributed by atoms with Crippen molar-refractivity contribution in [3.05, 3.63) is 17.0 Å². The Morgan fingerprint density at radius 3 is 2.94 bits per heavy atom. The molecule has 3 N–H and O–H groups in total. The van der Waals surface area contributed by atoms with Crippen LogP contribution < -0.4 is 10.5 Å². The van der Waals surface area contributed by atoms with Gasteiger partial charge in [0.25, 0.3) is 10.0 Å². The molecule has 102 valence electrons. The molecule has 0 radical (unpaired) electrons. The number of ether oxygens (including phenoxy) is 1. The molecule has 1 saturated heterocycles. The lowest BCUT2D eigenvalue weighted by molar-refractivity contribution is 0.178. The Kier molecular flexibility index (Phi) is 4.08. The van der Waals surface area contributed by atoms with E-state index >= 15 is 0 Å². The minimum absolute atomic E-state index is 0.346. The first-order chi connectivity index (χ1) is 8.45. The standard InChI is InChI=1S/C11H18N2O3S2/c1-11(5-7-16-8-11)13-18(14,15)10-3-2-9(17-10)4-6-12/h2-3,13H,4-8,12H2,1H3. The van der Waals surface area contributed by atoms with Gasteiger partial charge < -0.3 is 10.5 Å². The van der Waals surface area contributed by atoms with Crippen LogP contribution in [0.15, 0.2) is 16.3 Å². The molecule has 1 aromatic rings. The maximum Gasteiger partial charge on any atom is 0.250 e. The zero-order chi connectivity index (χ0) is 13.2. The smallest absolute Gasteiger partial charge is 0.250 e. The Labute approximate surface area is 111 Å². The third-order valence-electron chi connectivity index (χ3n) is 2.89. The quantitative estimate of drug-likeness (QED) is 0.836. The molecule has 5 nitrogen and oxygen atoms in total. The van der Waals surface area contributed by atoms with Crippen LogP contribution in [0.4, 0.5) is 0 Å². The molecular weight excluding hydrogens is 272 g/mol. The molecule has 2 rings (SSSR count). The van der Waals surface area contributed by atoms with Gasteiger partial charge in [-0.3, -0.25) is 0 Å². The molecular formula is C11H18N2O3S2. The first-order valence-corrected chi connectivity index (χ1v) is 8.16. The highest BCUT2D eigenvalue weighted by atomic mass is 32.2. The van der Waals surface area contributed by atoms with Crippen molar-refractivity contribution in [2.24, 2.45) is 5.73 Å². The molecule has 0 aromatic carbocycles. The van der Waals surface area contributed by atoms with E-state index in [-0.39, 0.29) is 0 Å². The summed E-state index contributed by atoms with van der Waals surface area (Å²) < 4.78 is 32.8. The van der Waals surface area contributed by atoms with E-state index < -0.39 is 15.6 Å². The molecule has 7 heteroatoms. The Morgan fingerprint density at radius 2 is 2.33 bits per heavy atom. The van der Waals surface area contributed by atoms with E-state index in [0.29, 0.717) is 36.8 Å². The number of nitrogens with one attached hydrogen (secondary N) is 1. The van der Waals surface area contributed by atoms with Crippen molar-refractivity contribution in [2.45, 2.75) is 29.5 Å². The molecule has 1 atom stereocenters. The summed E-state index contributed by atoms with van der Waals surface area (Å²) in [6.07, 6.45) is 1.41. The fourth-order valence-corrected chi connectivity index (χ4v) is 4.69. The highest BCUT2D eigenvalue weighted by Crippen LogP contribution is 2.25. The summed E-state index contributed by atoms with van der Waals surface area (Å²) in [5, 5.41) is 0. The predicted molar refractivity (Wildman–Crippen MR) is 71.2 cm³/mol. The van der Waals surface area contributed by atoms with Gasteiger partial charge in [-0.25, -0.2) is 13.1 Å². The average Bonchev–Trinajstić information content (AvgIpc) is 2.87. The lowest BCUT2D eigenvalue weighted by atomic mass is 10.0. The number of hydrogen-bond donors (Lipinski definition) is 2. The van der Waals surface area contributed by atoms with Gasteiger partial charge in [-0.2, -0.15) is 0 Å². The summed E-state index contributed by atoms with van der Waals surface area (Å²) in [5.41, 5.74) is 4.97. The zero-order valence-electron chi connectivity index (χ0n) is 10.3. The first kappa shape index (κ1) is 14.0.